The summed E-state index contributed by atoms with van der Waals surface area (Å²) in [5.41, 5.74) is 2.77. The predicted molar refractivity (Wildman–Crippen MR) is 133 cm³/mol. The third-order valence-electron chi connectivity index (χ3n) is 6.80. The zero-order chi connectivity index (χ0) is 25.2. The van der Waals surface area contributed by atoms with Crippen LogP contribution in [-0.2, 0) is 4.79 Å². The van der Waals surface area contributed by atoms with Gasteiger partial charge < -0.3 is 20.2 Å². The molecule has 0 unspecified atom stereocenters. The highest BCUT2D eigenvalue weighted by atomic mass is 19.1. The summed E-state index contributed by atoms with van der Waals surface area (Å²) in [6, 6.07) is 19.3. The van der Waals surface area contributed by atoms with Crippen LogP contribution < -0.4 is 5.32 Å². The Bertz CT molecular complexity index is 1300. The summed E-state index contributed by atoms with van der Waals surface area (Å²) < 4.78 is 27.5. The summed E-state index contributed by atoms with van der Waals surface area (Å²) in [7, 11) is 0. The molecule has 0 spiro atoms. The Morgan fingerprint density at radius 3 is 2.39 bits per heavy atom. The number of benzene rings is 3. The Hall–Kier alpha value is -4.04. The number of piperazine rings is 1. The van der Waals surface area contributed by atoms with Gasteiger partial charge in [-0.2, -0.15) is 0 Å². The lowest BCUT2D eigenvalue weighted by atomic mass is 9.73. The highest BCUT2D eigenvalue weighted by molar-refractivity contribution is 5.94. The second-order valence-electron chi connectivity index (χ2n) is 8.99. The molecule has 8 heteroatoms. The number of anilines is 1. The van der Waals surface area contributed by atoms with E-state index in [1.807, 2.05) is 66.7 Å². The quantitative estimate of drug-likeness (QED) is 0.524. The van der Waals surface area contributed by atoms with Crippen LogP contribution in [0.4, 0.5) is 19.3 Å². The van der Waals surface area contributed by atoms with Gasteiger partial charge in [-0.3, -0.25) is 4.79 Å². The molecular weight excluding hydrogens is 464 g/mol. The molecule has 3 amide bonds. The summed E-state index contributed by atoms with van der Waals surface area (Å²) in [6.45, 7) is -0.180. The molecule has 3 atom stereocenters. The Kier molecular flexibility index (Phi) is 6.52. The van der Waals surface area contributed by atoms with Gasteiger partial charge in [0.1, 0.15) is 18.2 Å². The standard InChI is InChI=1S/C28H25F2N3O3/c29-21-12-13-22(30)23(14-21)31-28(36)32-15-24-27(25(17-34)33(24)26(35)16-32)20-10-8-19(9-11-20)7-6-18-4-2-1-3-5-18/h1-14,24-25,27,34H,15-17H2,(H,31,36)/t24-,25-,27+/m0/s1. The average Bonchev–Trinajstić information content (AvgIpc) is 2.87. The van der Waals surface area contributed by atoms with Crippen LogP contribution in [-0.4, -0.2) is 58.6 Å². The van der Waals surface area contributed by atoms with Gasteiger partial charge in [0, 0.05) is 18.5 Å². The fourth-order valence-corrected chi connectivity index (χ4v) is 5.03. The van der Waals surface area contributed by atoms with E-state index in [1.54, 1.807) is 4.90 Å². The Labute approximate surface area is 207 Å². The molecule has 2 heterocycles. The van der Waals surface area contributed by atoms with Gasteiger partial charge in [-0.1, -0.05) is 66.7 Å². The van der Waals surface area contributed by atoms with E-state index in [2.05, 4.69) is 5.32 Å². The summed E-state index contributed by atoms with van der Waals surface area (Å²) in [6.07, 6.45) is 4.03. The van der Waals surface area contributed by atoms with Gasteiger partial charge in [0.2, 0.25) is 5.91 Å². The third kappa shape index (κ3) is 4.59. The van der Waals surface area contributed by atoms with E-state index in [-0.39, 0.29) is 49.3 Å². The van der Waals surface area contributed by atoms with E-state index >= 15 is 0 Å². The number of fused-ring (bicyclic) bond motifs is 1. The first-order chi connectivity index (χ1) is 17.4. The number of aliphatic hydroxyl groups is 1. The van der Waals surface area contributed by atoms with Crippen molar-refractivity contribution in [3.63, 3.8) is 0 Å². The molecule has 2 aliphatic rings. The molecule has 0 radical (unpaired) electrons. The normalized spacial score (nSPS) is 21.3. The summed E-state index contributed by atoms with van der Waals surface area (Å²) in [4.78, 5) is 28.5. The van der Waals surface area contributed by atoms with E-state index in [0.717, 1.165) is 34.9 Å². The molecule has 5 rings (SSSR count). The van der Waals surface area contributed by atoms with Crippen LogP contribution in [0.1, 0.15) is 22.6 Å². The first-order valence-electron chi connectivity index (χ1n) is 11.7. The number of carbonyl (C=O) groups excluding carboxylic acids is 2. The Morgan fingerprint density at radius 1 is 1.00 bits per heavy atom. The van der Waals surface area contributed by atoms with Crippen LogP contribution >= 0.6 is 0 Å². The molecule has 36 heavy (non-hydrogen) atoms. The molecule has 2 saturated heterocycles. The number of aliphatic hydroxyl groups excluding tert-OH is 1. The van der Waals surface area contributed by atoms with Crippen molar-refractivity contribution in [1.29, 1.82) is 0 Å². The molecule has 2 fully saturated rings. The summed E-state index contributed by atoms with van der Waals surface area (Å²) >= 11 is 0. The summed E-state index contributed by atoms with van der Waals surface area (Å²) in [5, 5.41) is 12.4. The minimum absolute atomic E-state index is 0.160. The van der Waals surface area contributed by atoms with Crippen molar-refractivity contribution in [2.24, 2.45) is 0 Å². The SMILES string of the molecule is O=C(Nc1cc(F)ccc1F)N1CC(=O)N2[C@@H](CO)[C@H](c3ccc(C=Cc4ccccc4)cc3)[C@@H]2C1. The van der Waals surface area contributed by atoms with Crippen molar-refractivity contribution < 1.29 is 23.5 Å². The summed E-state index contributed by atoms with van der Waals surface area (Å²) in [5.74, 6) is -1.90. The maximum absolute atomic E-state index is 14.0. The molecule has 184 valence electrons. The van der Waals surface area contributed by atoms with Crippen LogP contribution in [0.25, 0.3) is 12.2 Å². The van der Waals surface area contributed by atoms with Gasteiger partial charge in [-0.05, 0) is 28.8 Å². The van der Waals surface area contributed by atoms with Gasteiger partial charge in [-0.15, -0.1) is 0 Å². The lowest BCUT2D eigenvalue weighted by molar-refractivity contribution is -0.159. The molecule has 0 saturated carbocycles. The van der Waals surface area contributed by atoms with E-state index in [4.69, 9.17) is 0 Å². The molecule has 3 aromatic carbocycles. The maximum Gasteiger partial charge on any atom is 0.322 e. The fourth-order valence-electron chi connectivity index (χ4n) is 5.03. The number of hydrogen-bond acceptors (Lipinski definition) is 3. The fraction of sp³-hybridized carbons (Fsp3) is 0.214. The molecule has 6 nitrogen and oxygen atoms in total. The van der Waals surface area contributed by atoms with Crippen molar-refractivity contribution in [3.05, 3.63) is 101 Å². The second kappa shape index (κ2) is 9.91. The largest absolute Gasteiger partial charge is 0.394 e. The van der Waals surface area contributed by atoms with E-state index in [9.17, 15) is 23.5 Å². The van der Waals surface area contributed by atoms with Gasteiger partial charge in [0.05, 0.1) is 24.4 Å². The number of urea groups is 1. The molecule has 2 N–H and O–H groups in total. The monoisotopic (exact) mass is 489 g/mol. The van der Waals surface area contributed by atoms with Gasteiger partial charge >= 0.3 is 6.03 Å². The molecule has 0 bridgehead atoms. The van der Waals surface area contributed by atoms with Gasteiger partial charge in [0.25, 0.3) is 0 Å². The zero-order valence-corrected chi connectivity index (χ0v) is 19.4. The maximum atomic E-state index is 14.0. The molecule has 0 aliphatic carbocycles. The topological polar surface area (TPSA) is 72.9 Å². The van der Waals surface area contributed by atoms with Crippen molar-refractivity contribution in [1.82, 2.24) is 9.80 Å². The van der Waals surface area contributed by atoms with Crippen molar-refractivity contribution in [2.75, 3.05) is 25.0 Å². The number of nitrogens with zero attached hydrogens (tertiary/aromatic N) is 2. The van der Waals surface area contributed by atoms with Crippen LogP contribution in [0.15, 0.2) is 72.8 Å². The van der Waals surface area contributed by atoms with Crippen LogP contribution in [0, 0.1) is 11.6 Å². The van der Waals surface area contributed by atoms with Crippen molar-refractivity contribution in [3.8, 4) is 0 Å². The highest BCUT2D eigenvalue weighted by Gasteiger charge is 2.54. The first kappa shape index (κ1) is 23.7. The number of nitrogens with one attached hydrogen (secondary N) is 1. The lowest BCUT2D eigenvalue weighted by Gasteiger charge is -2.58. The first-order valence-corrected chi connectivity index (χ1v) is 11.7. The van der Waals surface area contributed by atoms with Gasteiger partial charge in [-0.25, -0.2) is 13.6 Å². The predicted octanol–water partition coefficient (Wildman–Crippen LogP) is 4.34. The minimum atomic E-state index is -0.766. The number of hydrogen-bond donors (Lipinski definition) is 2. The lowest BCUT2D eigenvalue weighted by Crippen LogP contribution is -2.73. The third-order valence-corrected chi connectivity index (χ3v) is 6.80. The number of amides is 3. The molecule has 3 aromatic rings. The molecule has 2 aliphatic heterocycles. The van der Waals surface area contributed by atoms with Crippen molar-refractivity contribution >= 4 is 29.8 Å². The van der Waals surface area contributed by atoms with Crippen LogP contribution in [0.2, 0.25) is 0 Å². The zero-order valence-electron chi connectivity index (χ0n) is 19.4. The van der Waals surface area contributed by atoms with Crippen molar-refractivity contribution in [2.45, 2.75) is 18.0 Å². The van der Waals surface area contributed by atoms with E-state index in [1.165, 1.54) is 4.90 Å². The van der Waals surface area contributed by atoms with E-state index < -0.39 is 17.7 Å². The van der Waals surface area contributed by atoms with E-state index in [0.29, 0.717) is 0 Å². The molecule has 0 aromatic heterocycles. The number of rotatable bonds is 5. The molecular formula is C28H25F2N3O3. The smallest absolute Gasteiger partial charge is 0.322 e. The minimum Gasteiger partial charge on any atom is -0.394 e. The van der Waals surface area contributed by atoms with Crippen LogP contribution in [0.5, 0.6) is 0 Å². The highest BCUT2D eigenvalue weighted by Crippen LogP contribution is 2.43. The Balaban J connectivity index is 1.31. The Morgan fingerprint density at radius 2 is 1.69 bits per heavy atom. The average molecular weight is 490 g/mol. The number of halogens is 2. The number of carbonyl (C=O) groups is 2. The van der Waals surface area contributed by atoms with Crippen LogP contribution in [0.3, 0.4) is 0 Å². The van der Waals surface area contributed by atoms with Gasteiger partial charge in [0.15, 0.2) is 0 Å². The second-order valence-corrected chi connectivity index (χ2v) is 8.99.